The van der Waals surface area contributed by atoms with Gasteiger partial charge in [0.25, 0.3) is 5.56 Å². The van der Waals surface area contributed by atoms with Gasteiger partial charge in [-0.15, -0.1) is 10.2 Å². The van der Waals surface area contributed by atoms with E-state index in [1.165, 1.54) is 6.07 Å². The lowest BCUT2D eigenvalue weighted by molar-refractivity contribution is 0.962. The van der Waals surface area contributed by atoms with E-state index in [4.69, 9.17) is 0 Å². The van der Waals surface area contributed by atoms with Gasteiger partial charge in [-0.3, -0.25) is 14.2 Å². The van der Waals surface area contributed by atoms with Crippen LogP contribution in [0.3, 0.4) is 0 Å². The molecule has 2 aromatic rings. The standard InChI is InChI=1S/C7H8N4O/c1-4-3-6(12)8-7-10-9-5(2)11(4)7/h3H,1-2H3,(H,8,10,12). The zero-order valence-corrected chi connectivity index (χ0v) is 6.83. The van der Waals surface area contributed by atoms with Gasteiger partial charge < -0.3 is 0 Å². The van der Waals surface area contributed by atoms with Crippen LogP contribution in [0.25, 0.3) is 5.78 Å². The second-order valence-corrected chi connectivity index (χ2v) is 2.68. The molecule has 2 aromatic heterocycles. The van der Waals surface area contributed by atoms with Gasteiger partial charge in [0.15, 0.2) is 0 Å². The maximum Gasteiger partial charge on any atom is 0.252 e. The van der Waals surface area contributed by atoms with Crippen molar-refractivity contribution in [2.75, 3.05) is 0 Å². The maximum atomic E-state index is 11.0. The van der Waals surface area contributed by atoms with Crippen LogP contribution in [0.5, 0.6) is 0 Å². The molecule has 0 radical (unpaired) electrons. The van der Waals surface area contributed by atoms with Gasteiger partial charge >= 0.3 is 0 Å². The summed E-state index contributed by atoms with van der Waals surface area (Å²) in [5.74, 6) is 1.27. The topological polar surface area (TPSA) is 63.0 Å². The Labute approximate surface area is 68.1 Å². The van der Waals surface area contributed by atoms with Crippen molar-refractivity contribution in [3.63, 3.8) is 0 Å². The smallest absolute Gasteiger partial charge is 0.252 e. The Morgan fingerprint density at radius 2 is 2.17 bits per heavy atom. The first-order chi connectivity index (χ1) is 5.68. The predicted molar refractivity (Wildman–Crippen MR) is 43.1 cm³/mol. The van der Waals surface area contributed by atoms with Crippen molar-refractivity contribution in [2.45, 2.75) is 13.8 Å². The number of rotatable bonds is 0. The van der Waals surface area contributed by atoms with E-state index in [1.807, 2.05) is 13.8 Å². The van der Waals surface area contributed by atoms with Crippen LogP contribution >= 0.6 is 0 Å². The molecule has 0 saturated heterocycles. The van der Waals surface area contributed by atoms with Crippen molar-refractivity contribution in [1.29, 1.82) is 0 Å². The number of fused-ring (bicyclic) bond motifs is 1. The second kappa shape index (κ2) is 2.17. The number of nitrogens with one attached hydrogen (secondary N) is 1. The minimum Gasteiger partial charge on any atom is -0.291 e. The third-order valence-corrected chi connectivity index (χ3v) is 1.75. The predicted octanol–water partition coefficient (Wildman–Crippen LogP) is 0.0344. The first kappa shape index (κ1) is 7.02. The van der Waals surface area contributed by atoms with Crippen LogP contribution < -0.4 is 5.56 Å². The summed E-state index contributed by atoms with van der Waals surface area (Å²) in [6.07, 6.45) is 0. The van der Waals surface area contributed by atoms with E-state index in [1.54, 1.807) is 4.40 Å². The van der Waals surface area contributed by atoms with Crippen molar-refractivity contribution < 1.29 is 0 Å². The monoisotopic (exact) mass is 164 g/mol. The highest BCUT2D eigenvalue weighted by atomic mass is 16.1. The molecule has 0 aliphatic heterocycles. The van der Waals surface area contributed by atoms with E-state index in [2.05, 4.69) is 15.2 Å². The molecule has 1 N–H and O–H groups in total. The van der Waals surface area contributed by atoms with Crippen molar-refractivity contribution in [3.05, 3.63) is 27.9 Å². The molecule has 5 heteroatoms. The summed E-state index contributed by atoms with van der Waals surface area (Å²) in [4.78, 5) is 13.6. The third kappa shape index (κ3) is 0.827. The van der Waals surface area contributed by atoms with Gasteiger partial charge in [-0.1, -0.05) is 0 Å². The van der Waals surface area contributed by atoms with Crippen LogP contribution in [0.15, 0.2) is 10.9 Å². The van der Waals surface area contributed by atoms with Crippen molar-refractivity contribution in [1.82, 2.24) is 19.6 Å². The quantitative estimate of drug-likeness (QED) is 0.597. The van der Waals surface area contributed by atoms with E-state index in [-0.39, 0.29) is 5.56 Å². The van der Waals surface area contributed by atoms with E-state index < -0.39 is 0 Å². The number of hydrogen-bond acceptors (Lipinski definition) is 3. The summed E-state index contributed by atoms with van der Waals surface area (Å²) >= 11 is 0. The average Bonchev–Trinajstić information content (AvgIpc) is 2.31. The lowest BCUT2D eigenvalue weighted by atomic mass is 10.4. The molecule has 0 spiro atoms. The summed E-state index contributed by atoms with van der Waals surface area (Å²) in [5, 5.41) is 7.64. The maximum absolute atomic E-state index is 11.0. The van der Waals surface area contributed by atoms with Crippen LogP contribution in [0.2, 0.25) is 0 Å². The largest absolute Gasteiger partial charge is 0.291 e. The molecule has 0 atom stereocenters. The average molecular weight is 164 g/mol. The second-order valence-electron chi connectivity index (χ2n) is 2.68. The van der Waals surface area contributed by atoms with Crippen molar-refractivity contribution in [3.8, 4) is 0 Å². The number of aromatic nitrogens is 4. The lowest BCUT2D eigenvalue weighted by Gasteiger charge is -1.97. The molecule has 0 fully saturated rings. The highest BCUT2D eigenvalue weighted by molar-refractivity contribution is 5.29. The molecule has 2 heterocycles. The third-order valence-electron chi connectivity index (χ3n) is 1.75. The Bertz CT molecular complexity index is 482. The minimum absolute atomic E-state index is 0.146. The zero-order chi connectivity index (χ0) is 8.72. The molecule has 0 unspecified atom stereocenters. The summed E-state index contributed by atoms with van der Waals surface area (Å²) < 4.78 is 1.79. The molecule has 0 aliphatic rings. The summed E-state index contributed by atoms with van der Waals surface area (Å²) in [6, 6.07) is 1.52. The van der Waals surface area contributed by atoms with E-state index in [0.29, 0.717) is 5.78 Å². The number of hydrogen-bond donors (Lipinski definition) is 1. The molecule has 12 heavy (non-hydrogen) atoms. The van der Waals surface area contributed by atoms with E-state index in [0.717, 1.165) is 11.5 Å². The molecule has 2 rings (SSSR count). The number of nitrogens with zero attached hydrogens (tertiary/aromatic N) is 3. The molecule has 5 nitrogen and oxygen atoms in total. The Balaban J connectivity index is 3.02. The Kier molecular flexibility index (Phi) is 1.27. The van der Waals surface area contributed by atoms with Crippen LogP contribution in [-0.4, -0.2) is 19.6 Å². The summed E-state index contributed by atoms with van der Waals surface area (Å²) in [5.41, 5.74) is 0.698. The lowest BCUT2D eigenvalue weighted by Crippen LogP contribution is -2.09. The zero-order valence-electron chi connectivity index (χ0n) is 6.83. The number of H-pyrrole nitrogens is 1. The van der Waals surface area contributed by atoms with Gasteiger partial charge in [0.1, 0.15) is 5.82 Å². The minimum atomic E-state index is -0.146. The first-order valence-electron chi connectivity index (χ1n) is 3.60. The molecule has 0 bridgehead atoms. The summed E-state index contributed by atoms with van der Waals surface area (Å²) in [7, 11) is 0. The fourth-order valence-corrected chi connectivity index (χ4v) is 1.27. The fraction of sp³-hybridized carbons (Fsp3) is 0.286. The van der Waals surface area contributed by atoms with E-state index in [9.17, 15) is 4.79 Å². The number of aryl methyl sites for hydroxylation is 2. The molecular weight excluding hydrogens is 156 g/mol. The number of aromatic amines is 1. The Morgan fingerprint density at radius 3 is 2.92 bits per heavy atom. The first-order valence-corrected chi connectivity index (χ1v) is 3.60. The van der Waals surface area contributed by atoms with Gasteiger partial charge in [-0.05, 0) is 13.8 Å². The van der Waals surface area contributed by atoms with E-state index >= 15 is 0 Å². The molecule has 0 aliphatic carbocycles. The van der Waals surface area contributed by atoms with Crippen LogP contribution in [0.4, 0.5) is 0 Å². The van der Waals surface area contributed by atoms with Crippen LogP contribution in [0.1, 0.15) is 11.5 Å². The Morgan fingerprint density at radius 1 is 1.42 bits per heavy atom. The molecule has 0 saturated carbocycles. The molecule has 0 amide bonds. The van der Waals surface area contributed by atoms with Crippen LogP contribution in [0, 0.1) is 13.8 Å². The fourth-order valence-electron chi connectivity index (χ4n) is 1.27. The van der Waals surface area contributed by atoms with Crippen LogP contribution in [-0.2, 0) is 0 Å². The van der Waals surface area contributed by atoms with Crippen molar-refractivity contribution >= 4 is 5.78 Å². The Hall–Kier alpha value is -1.65. The van der Waals surface area contributed by atoms with Gasteiger partial charge in [-0.25, -0.2) is 0 Å². The highest BCUT2D eigenvalue weighted by Gasteiger charge is 2.03. The van der Waals surface area contributed by atoms with Gasteiger partial charge in [0.05, 0.1) is 0 Å². The molecule has 62 valence electrons. The van der Waals surface area contributed by atoms with Crippen molar-refractivity contribution in [2.24, 2.45) is 0 Å². The SMILES string of the molecule is Cc1cc(=O)[nH]c2nnc(C)n12. The highest BCUT2D eigenvalue weighted by Crippen LogP contribution is 2.00. The van der Waals surface area contributed by atoms with Gasteiger partial charge in [0, 0.05) is 11.8 Å². The summed E-state index contributed by atoms with van der Waals surface area (Å²) in [6.45, 7) is 3.68. The normalized spacial score (nSPS) is 10.8. The molecule has 0 aromatic carbocycles. The molecular formula is C7H8N4O. The van der Waals surface area contributed by atoms with Gasteiger partial charge in [-0.2, -0.15) is 0 Å². The van der Waals surface area contributed by atoms with Gasteiger partial charge in [0.2, 0.25) is 5.78 Å².